The largest absolute Gasteiger partial charge is 0.407 e. The minimum atomic E-state index is 0.441. The van der Waals surface area contributed by atoms with Gasteiger partial charge in [0.1, 0.15) is 0 Å². The molecule has 2 rings (SSSR count). The number of aryl methyl sites for hydroxylation is 1. The van der Waals surface area contributed by atoms with Gasteiger partial charge in [-0.2, -0.15) is 0 Å². The maximum Gasteiger partial charge on any atom is 0.315 e. The summed E-state index contributed by atoms with van der Waals surface area (Å²) in [7, 11) is 0. The van der Waals surface area contributed by atoms with Gasteiger partial charge in [0.25, 0.3) is 0 Å². The molecule has 2 aromatic rings. The van der Waals surface area contributed by atoms with Gasteiger partial charge in [0.15, 0.2) is 0 Å². The van der Waals surface area contributed by atoms with E-state index >= 15 is 0 Å². The zero-order chi connectivity index (χ0) is 13.5. The number of nitrogens with zero attached hydrogens (tertiary/aromatic N) is 3. The molecule has 19 heavy (non-hydrogen) atoms. The normalized spacial score (nSPS) is 10.6. The first kappa shape index (κ1) is 13.5. The van der Waals surface area contributed by atoms with Gasteiger partial charge in [0.05, 0.1) is 6.54 Å². The van der Waals surface area contributed by atoms with Crippen molar-refractivity contribution in [2.75, 3.05) is 11.9 Å². The van der Waals surface area contributed by atoms with Gasteiger partial charge in [-0.05, 0) is 37.1 Å². The molecule has 0 saturated carbocycles. The van der Waals surface area contributed by atoms with Crippen LogP contribution < -0.4 is 10.6 Å². The highest BCUT2D eigenvalue weighted by Gasteiger charge is 2.05. The lowest BCUT2D eigenvalue weighted by molar-refractivity contribution is 0.477. The summed E-state index contributed by atoms with van der Waals surface area (Å²) < 4.78 is 5.48. The molecule has 0 spiro atoms. The fourth-order valence-electron chi connectivity index (χ4n) is 1.62. The van der Waals surface area contributed by atoms with E-state index in [1.165, 1.54) is 5.56 Å². The SMILES string of the molecule is CCCNCc1nnc(NCc2cnccc2C)o1. The zero-order valence-electron chi connectivity index (χ0n) is 11.3. The highest BCUT2D eigenvalue weighted by molar-refractivity contribution is 5.27. The Bertz CT molecular complexity index is 511. The van der Waals surface area contributed by atoms with Crippen molar-refractivity contribution in [3.63, 3.8) is 0 Å². The van der Waals surface area contributed by atoms with Gasteiger partial charge < -0.3 is 15.1 Å². The number of aromatic nitrogens is 3. The number of hydrogen-bond acceptors (Lipinski definition) is 6. The van der Waals surface area contributed by atoms with E-state index < -0.39 is 0 Å². The first-order valence-electron chi connectivity index (χ1n) is 6.46. The highest BCUT2D eigenvalue weighted by atomic mass is 16.4. The lowest BCUT2D eigenvalue weighted by atomic mass is 10.2. The van der Waals surface area contributed by atoms with E-state index in [2.05, 4.69) is 32.7 Å². The molecule has 0 aromatic carbocycles. The van der Waals surface area contributed by atoms with E-state index in [1.54, 1.807) is 6.20 Å². The summed E-state index contributed by atoms with van der Waals surface area (Å²) in [6.45, 7) is 6.34. The quantitative estimate of drug-likeness (QED) is 0.741. The second-order valence-corrected chi connectivity index (χ2v) is 4.33. The van der Waals surface area contributed by atoms with Crippen LogP contribution in [0, 0.1) is 6.92 Å². The van der Waals surface area contributed by atoms with Gasteiger partial charge in [-0.15, -0.1) is 5.10 Å². The predicted octanol–water partition coefficient (Wildman–Crippen LogP) is 1.88. The van der Waals surface area contributed by atoms with Gasteiger partial charge in [-0.1, -0.05) is 12.0 Å². The standard InChI is InChI=1S/C13H19N5O/c1-3-5-14-9-12-17-18-13(19-12)16-8-11-7-15-6-4-10(11)2/h4,6-7,14H,3,5,8-9H2,1-2H3,(H,16,18). The minimum absolute atomic E-state index is 0.441. The number of hydrogen-bond donors (Lipinski definition) is 2. The molecule has 0 aliphatic heterocycles. The summed E-state index contributed by atoms with van der Waals surface area (Å²) in [6.07, 6.45) is 4.70. The van der Waals surface area contributed by atoms with Gasteiger partial charge in [-0.3, -0.25) is 4.98 Å². The van der Waals surface area contributed by atoms with Crippen molar-refractivity contribution in [1.82, 2.24) is 20.5 Å². The van der Waals surface area contributed by atoms with Crippen LogP contribution in [0.5, 0.6) is 0 Å². The van der Waals surface area contributed by atoms with E-state index in [4.69, 9.17) is 4.42 Å². The summed E-state index contributed by atoms with van der Waals surface area (Å²) in [4.78, 5) is 4.10. The fourth-order valence-corrected chi connectivity index (χ4v) is 1.62. The number of rotatable bonds is 7. The zero-order valence-corrected chi connectivity index (χ0v) is 11.3. The van der Waals surface area contributed by atoms with Gasteiger partial charge >= 0.3 is 6.01 Å². The van der Waals surface area contributed by atoms with Crippen LogP contribution in [0.1, 0.15) is 30.4 Å². The summed E-state index contributed by atoms with van der Waals surface area (Å²) in [6, 6.07) is 2.42. The van der Waals surface area contributed by atoms with Crippen molar-refractivity contribution in [2.45, 2.75) is 33.4 Å². The lowest BCUT2D eigenvalue weighted by Crippen LogP contribution is -2.13. The Balaban J connectivity index is 1.85. The van der Waals surface area contributed by atoms with Crippen LogP contribution in [0.15, 0.2) is 22.9 Å². The van der Waals surface area contributed by atoms with Crippen LogP contribution in [-0.2, 0) is 13.1 Å². The lowest BCUT2D eigenvalue weighted by Gasteiger charge is -2.04. The average Bonchev–Trinajstić information content (AvgIpc) is 2.86. The van der Waals surface area contributed by atoms with Crippen molar-refractivity contribution in [3.05, 3.63) is 35.5 Å². The molecule has 2 N–H and O–H groups in total. The van der Waals surface area contributed by atoms with Crippen molar-refractivity contribution < 1.29 is 4.42 Å². The van der Waals surface area contributed by atoms with Crippen LogP contribution in [0.3, 0.4) is 0 Å². The molecule has 0 atom stereocenters. The Labute approximate surface area is 112 Å². The third kappa shape index (κ3) is 4.03. The van der Waals surface area contributed by atoms with Gasteiger partial charge in [-0.25, -0.2) is 0 Å². The monoisotopic (exact) mass is 261 g/mol. The molecule has 0 saturated heterocycles. The smallest absolute Gasteiger partial charge is 0.315 e. The number of pyridine rings is 1. The van der Waals surface area contributed by atoms with Crippen molar-refractivity contribution in [3.8, 4) is 0 Å². The Morgan fingerprint density at radius 3 is 2.95 bits per heavy atom. The van der Waals surface area contributed by atoms with E-state index in [9.17, 15) is 0 Å². The van der Waals surface area contributed by atoms with E-state index in [0.29, 0.717) is 25.0 Å². The van der Waals surface area contributed by atoms with E-state index in [-0.39, 0.29) is 0 Å². The van der Waals surface area contributed by atoms with E-state index in [1.807, 2.05) is 19.2 Å². The molecular weight excluding hydrogens is 242 g/mol. The van der Waals surface area contributed by atoms with Crippen LogP contribution in [-0.4, -0.2) is 21.7 Å². The van der Waals surface area contributed by atoms with Gasteiger partial charge in [0, 0.05) is 18.9 Å². The first-order valence-corrected chi connectivity index (χ1v) is 6.46. The Hall–Kier alpha value is -1.95. The summed E-state index contributed by atoms with van der Waals surface area (Å²) in [5.41, 5.74) is 2.30. The predicted molar refractivity (Wildman–Crippen MR) is 72.6 cm³/mol. The number of nitrogens with one attached hydrogen (secondary N) is 2. The molecule has 102 valence electrons. The molecule has 0 unspecified atom stereocenters. The maximum atomic E-state index is 5.48. The minimum Gasteiger partial charge on any atom is -0.407 e. The second kappa shape index (κ2) is 6.84. The first-order chi connectivity index (χ1) is 9.29. The summed E-state index contributed by atoms with van der Waals surface area (Å²) >= 11 is 0. The second-order valence-electron chi connectivity index (χ2n) is 4.33. The van der Waals surface area contributed by atoms with Crippen LogP contribution in [0.4, 0.5) is 6.01 Å². The third-order valence-corrected chi connectivity index (χ3v) is 2.75. The topological polar surface area (TPSA) is 75.9 Å². The molecule has 0 amide bonds. The van der Waals surface area contributed by atoms with Crippen LogP contribution in [0.25, 0.3) is 0 Å². The maximum absolute atomic E-state index is 5.48. The molecule has 2 aromatic heterocycles. The molecule has 2 heterocycles. The summed E-state index contributed by atoms with van der Waals surface area (Å²) in [5.74, 6) is 0.596. The number of anilines is 1. The molecule has 0 bridgehead atoms. The third-order valence-electron chi connectivity index (χ3n) is 2.75. The molecule has 0 radical (unpaired) electrons. The van der Waals surface area contributed by atoms with Crippen LogP contribution >= 0.6 is 0 Å². The molecule has 6 heteroatoms. The van der Waals surface area contributed by atoms with Gasteiger partial charge in [0.2, 0.25) is 5.89 Å². The average molecular weight is 261 g/mol. The Kier molecular flexibility index (Phi) is 4.85. The van der Waals surface area contributed by atoms with Crippen LogP contribution in [0.2, 0.25) is 0 Å². The van der Waals surface area contributed by atoms with Crippen molar-refractivity contribution in [2.24, 2.45) is 0 Å². The Morgan fingerprint density at radius 2 is 2.16 bits per heavy atom. The van der Waals surface area contributed by atoms with Crippen molar-refractivity contribution >= 4 is 6.01 Å². The van der Waals surface area contributed by atoms with E-state index in [0.717, 1.165) is 18.5 Å². The molecule has 6 nitrogen and oxygen atoms in total. The molecule has 0 fully saturated rings. The molecule has 0 aliphatic carbocycles. The molecular formula is C13H19N5O. The Morgan fingerprint density at radius 1 is 1.26 bits per heavy atom. The fraction of sp³-hybridized carbons (Fsp3) is 0.462. The molecule has 0 aliphatic rings. The van der Waals surface area contributed by atoms with Crippen molar-refractivity contribution in [1.29, 1.82) is 0 Å². The summed E-state index contributed by atoms with van der Waals surface area (Å²) in [5, 5.41) is 14.2. The highest BCUT2D eigenvalue weighted by Crippen LogP contribution is 2.10.